The lowest BCUT2D eigenvalue weighted by Crippen LogP contribution is -2.40. The van der Waals surface area contributed by atoms with Gasteiger partial charge in [0.05, 0.1) is 6.10 Å². The highest BCUT2D eigenvalue weighted by Gasteiger charge is 2.32. The monoisotopic (exact) mass is 212 g/mol. The molecule has 0 saturated carbocycles. The van der Waals surface area contributed by atoms with Crippen molar-refractivity contribution in [2.45, 2.75) is 32.3 Å². The van der Waals surface area contributed by atoms with E-state index in [0.717, 1.165) is 45.4 Å². The molecule has 2 aliphatic heterocycles. The summed E-state index contributed by atoms with van der Waals surface area (Å²) < 4.78 is 0. The van der Waals surface area contributed by atoms with Gasteiger partial charge in [0.25, 0.3) is 0 Å². The Hall–Kier alpha value is -0.770. The highest BCUT2D eigenvalue weighted by molar-refractivity contribution is 5.75. The average Bonchev–Trinajstić information content (AvgIpc) is 2.88. The van der Waals surface area contributed by atoms with Crippen molar-refractivity contribution in [3.05, 3.63) is 0 Å². The van der Waals surface area contributed by atoms with Gasteiger partial charge in [0.15, 0.2) is 0 Å². The maximum Gasteiger partial charge on any atom is 0.320 e. The lowest BCUT2D eigenvalue weighted by molar-refractivity contribution is 0.125. The molecule has 2 amide bonds. The second kappa shape index (κ2) is 4.39. The Kier molecular flexibility index (Phi) is 3.14. The highest BCUT2D eigenvalue weighted by atomic mass is 16.3. The van der Waals surface area contributed by atoms with E-state index in [-0.39, 0.29) is 18.1 Å². The van der Waals surface area contributed by atoms with E-state index in [9.17, 15) is 9.90 Å². The molecule has 2 unspecified atom stereocenters. The first-order chi connectivity index (χ1) is 7.18. The molecule has 0 bridgehead atoms. The Bertz CT molecular complexity index is 237. The van der Waals surface area contributed by atoms with Crippen LogP contribution >= 0.6 is 0 Å². The predicted molar refractivity (Wildman–Crippen MR) is 57.6 cm³/mol. The Morgan fingerprint density at radius 3 is 2.47 bits per heavy atom. The molecule has 2 atom stereocenters. The van der Waals surface area contributed by atoms with Gasteiger partial charge in [0.2, 0.25) is 0 Å². The molecule has 0 aromatic carbocycles. The van der Waals surface area contributed by atoms with E-state index in [1.54, 1.807) is 0 Å². The first-order valence-corrected chi connectivity index (χ1v) is 5.90. The zero-order valence-corrected chi connectivity index (χ0v) is 9.35. The largest absolute Gasteiger partial charge is 0.393 e. The van der Waals surface area contributed by atoms with Crippen LogP contribution in [-0.2, 0) is 0 Å². The molecule has 1 N–H and O–H groups in total. The van der Waals surface area contributed by atoms with Crippen molar-refractivity contribution >= 4 is 6.03 Å². The Morgan fingerprint density at radius 2 is 1.93 bits per heavy atom. The van der Waals surface area contributed by atoms with Gasteiger partial charge in [0, 0.05) is 32.1 Å². The fourth-order valence-corrected chi connectivity index (χ4v) is 2.46. The minimum absolute atomic E-state index is 0.177. The number of aliphatic hydroxyl groups excluding tert-OH is 1. The van der Waals surface area contributed by atoms with Crippen molar-refractivity contribution < 1.29 is 9.90 Å². The van der Waals surface area contributed by atoms with Crippen LogP contribution in [0.1, 0.15) is 26.2 Å². The average molecular weight is 212 g/mol. The standard InChI is InChI=1S/C11H20N2O2/c1-9(14)10-4-7-13(8-10)11(15)12-5-2-3-6-12/h9-10,14H,2-8H2,1H3. The summed E-state index contributed by atoms with van der Waals surface area (Å²) in [7, 11) is 0. The fourth-order valence-electron chi connectivity index (χ4n) is 2.46. The van der Waals surface area contributed by atoms with Gasteiger partial charge in [-0.3, -0.25) is 0 Å². The summed E-state index contributed by atoms with van der Waals surface area (Å²) in [6.45, 7) is 5.18. The molecular weight excluding hydrogens is 192 g/mol. The van der Waals surface area contributed by atoms with E-state index in [0.29, 0.717) is 0 Å². The van der Waals surface area contributed by atoms with Crippen LogP contribution in [0.25, 0.3) is 0 Å². The number of likely N-dealkylation sites (tertiary alicyclic amines) is 2. The SMILES string of the molecule is CC(O)C1CCN(C(=O)N2CCCC2)C1. The third kappa shape index (κ3) is 2.25. The van der Waals surface area contributed by atoms with Gasteiger partial charge in [0.1, 0.15) is 0 Å². The van der Waals surface area contributed by atoms with Crippen LogP contribution in [-0.4, -0.2) is 53.2 Å². The molecule has 0 radical (unpaired) electrons. The van der Waals surface area contributed by atoms with E-state index >= 15 is 0 Å². The number of amides is 2. The zero-order valence-electron chi connectivity index (χ0n) is 9.35. The number of hydrogen-bond acceptors (Lipinski definition) is 2. The molecule has 2 saturated heterocycles. The van der Waals surface area contributed by atoms with Gasteiger partial charge in [-0.25, -0.2) is 4.79 Å². The first-order valence-electron chi connectivity index (χ1n) is 5.90. The van der Waals surface area contributed by atoms with Gasteiger partial charge in [-0.1, -0.05) is 0 Å². The molecule has 2 heterocycles. The molecule has 2 aliphatic rings. The molecule has 0 aromatic rings. The number of carbonyl (C=O) groups is 1. The van der Waals surface area contributed by atoms with E-state index in [2.05, 4.69) is 0 Å². The Labute approximate surface area is 90.9 Å². The summed E-state index contributed by atoms with van der Waals surface area (Å²) in [6.07, 6.45) is 2.93. The van der Waals surface area contributed by atoms with Crippen molar-refractivity contribution in [2.24, 2.45) is 5.92 Å². The second-order valence-corrected chi connectivity index (χ2v) is 4.71. The topological polar surface area (TPSA) is 43.8 Å². The summed E-state index contributed by atoms with van der Waals surface area (Å²) in [5.74, 6) is 0.275. The molecule has 4 heteroatoms. The molecular formula is C11H20N2O2. The van der Waals surface area contributed by atoms with Crippen molar-refractivity contribution in [3.8, 4) is 0 Å². The maximum absolute atomic E-state index is 12.0. The summed E-state index contributed by atoms with van der Waals surface area (Å²) in [5.41, 5.74) is 0. The Balaban J connectivity index is 1.87. The van der Waals surface area contributed by atoms with Crippen molar-refractivity contribution in [1.82, 2.24) is 9.80 Å². The van der Waals surface area contributed by atoms with Crippen molar-refractivity contribution in [2.75, 3.05) is 26.2 Å². The van der Waals surface area contributed by atoms with Crippen LogP contribution in [0.3, 0.4) is 0 Å². The van der Waals surface area contributed by atoms with Crippen LogP contribution in [0, 0.1) is 5.92 Å². The van der Waals surface area contributed by atoms with Crippen LogP contribution in [0.2, 0.25) is 0 Å². The van der Waals surface area contributed by atoms with Crippen molar-refractivity contribution in [3.63, 3.8) is 0 Å². The molecule has 0 spiro atoms. The second-order valence-electron chi connectivity index (χ2n) is 4.71. The molecule has 2 rings (SSSR count). The Morgan fingerprint density at radius 1 is 1.27 bits per heavy atom. The molecule has 0 aliphatic carbocycles. The number of aliphatic hydroxyl groups is 1. The third-order valence-corrected chi connectivity index (χ3v) is 3.55. The summed E-state index contributed by atoms with van der Waals surface area (Å²) >= 11 is 0. The lowest BCUT2D eigenvalue weighted by Gasteiger charge is -2.24. The van der Waals surface area contributed by atoms with Gasteiger partial charge >= 0.3 is 6.03 Å². The first kappa shape index (κ1) is 10.7. The fraction of sp³-hybridized carbons (Fsp3) is 0.909. The summed E-state index contributed by atoms with van der Waals surface area (Å²) in [4.78, 5) is 15.8. The number of carbonyl (C=O) groups excluding carboxylic acids is 1. The van der Waals surface area contributed by atoms with Gasteiger partial charge < -0.3 is 14.9 Å². The number of urea groups is 1. The summed E-state index contributed by atoms with van der Waals surface area (Å²) in [6, 6.07) is 0.177. The molecule has 2 fully saturated rings. The van der Waals surface area contributed by atoms with E-state index < -0.39 is 0 Å². The van der Waals surface area contributed by atoms with Crippen LogP contribution < -0.4 is 0 Å². The van der Waals surface area contributed by atoms with Crippen molar-refractivity contribution in [1.29, 1.82) is 0 Å². The number of hydrogen-bond donors (Lipinski definition) is 1. The zero-order chi connectivity index (χ0) is 10.8. The van der Waals surface area contributed by atoms with Crippen LogP contribution in [0.4, 0.5) is 4.79 Å². The minimum Gasteiger partial charge on any atom is -0.393 e. The predicted octanol–water partition coefficient (Wildman–Crippen LogP) is 0.905. The molecule has 15 heavy (non-hydrogen) atoms. The minimum atomic E-state index is -0.290. The lowest BCUT2D eigenvalue weighted by atomic mass is 10.0. The molecule has 86 valence electrons. The maximum atomic E-state index is 12.0. The van der Waals surface area contributed by atoms with Crippen LogP contribution in [0.5, 0.6) is 0 Å². The smallest absolute Gasteiger partial charge is 0.320 e. The number of nitrogens with zero attached hydrogens (tertiary/aromatic N) is 2. The molecule has 0 aromatic heterocycles. The van der Waals surface area contributed by atoms with E-state index in [1.165, 1.54) is 0 Å². The van der Waals surface area contributed by atoms with E-state index in [1.807, 2.05) is 16.7 Å². The van der Waals surface area contributed by atoms with E-state index in [4.69, 9.17) is 0 Å². The number of rotatable bonds is 1. The summed E-state index contributed by atoms with van der Waals surface area (Å²) in [5, 5.41) is 9.47. The van der Waals surface area contributed by atoms with Gasteiger partial charge in [-0.15, -0.1) is 0 Å². The van der Waals surface area contributed by atoms with Crippen LogP contribution in [0.15, 0.2) is 0 Å². The van der Waals surface area contributed by atoms with Gasteiger partial charge in [-0.2, -0.15) is 0 Å². The normalized spacial score (nSPS) is 28.5. The third-order valence-electron chi connectivity index (χ3n) is 3.55. The van der Waals surface area contributed by atoms with Gasteiger partial charge in [-0.05, 0) is 26.2 Å². The molecule has 4 nitrogen and oxygen atoms in total. The quantitative estimate of drug-likeness (QED) is 0.702. The highest BCUT2D eigenvalue weighted by Crippen LogP contribution is 2.22.